The van der Waals surface area contributed by atoms with Crippen molar-refractivity contribution in [2.45, 2.75) is 12.2 Å². The highest BCUT2D eigenvalue weighted by molar-refractivity contribution is 8.06. The molecule has 0 radical (unpaired) electrons. The Labute approximate surface area is 111 Å². The van der Waals surface area contributed by atoms with Crippen molar-refractivity contribution in [2.24, 2.45) is 0 Å². The molecule has 1 N–H and O–H groups in total. The quantitative estimate of drug-likeness (QED) is 0.849. The highest BCUT2D eigenvalue weighted by Crippen LogP contribution is 2.24. The van der Waals surface area contributed by atoms with Gasteiger partial charge in [0.05, 0.1) is 0 Å². The normalized spacial score (nSPS) is 19.9. The van der Waals surface area contributed by atoms with E-state index in [-0.39, 0.29) is 5.78 Å². The van der Waals surface area contributed by atoms with E-state index in [4.69, 9.17) is 0 Å². The third kappa shape index (κ3) is 3.96. The molecule has 1 heterocycles. The van der Waals surface area contributed by atoms with Crippen molar-refractivity contribution in [3.8, 4) is 0 Å². The lowest BCUT2D eigenvalue weighted by Gasteiger charge is -2.21. The maximum Gasteiger partial charge on any atom is 0.159 e. The zero-order valence-electron chi connectivity index (χ0n) is 9.94. The lowest BCUT2D eigenvalue weighted by atomic mass is 10.1. The molecule has 1 aromatic carbocycles. The highest BCUT2D eigenvalue weighted by atomic mass is 32.2. The van der Waals surface area contributed by atoms with Crippen molar-refractivity contribution in [3.63, 3.8) is 0 Å². The second-order valence-corrected chi connectivity index (χ2v) is 6.64. The molecule has 92 valence electrons. The molecule has 2 rings (SSSR count). The van der Waals surface area contributed by atoms with Crippen LogP contribution >= 0.6 is 23.5 Å². The monoisotopic (exact) mass is 267 g/mol. The summed E-state index contributed by atoms with van der Waals surface area (Å²) in [6.07, 6.45) is 0. The number of rotatable bonds is 4. The van der Waals surface area contributed by atoms with Crippen LogP contribution in [0, 0.1) is 0 Å². The topological polar surface area (TPSA) is 29.1 Å². The summed E-state index contributed by atoms with van der Waals surface area (Å²) in [5, 5.41) is 4.14. The third-order valence-electron chi connectivity index (χ3n) is 2.71. The van der Waals surface area contributed by atoms with Crippen molar-refractivity contribution in [2.75, 3.05) is 29.1 Å². The summed E-state index contributed by atoms with van der Waals surface area (Å²) in [7, 11) is 0. The summed E-state index contributed by atoms with van der Waals surface area (Å²) in [4.78, 5) is 11.1. The molecule has 0 aromatic heterocycles. The van der Waals surface area contributed by atoms with Crippen LogP contribution in [0.15, 0.2) is 24.3 Å². The van der Waals surface area contributed by atoms with Gasteiger partial charge in [0.15, 0.2) is 5.78 Å². The van der Waals surface area contributed by atoms with E-state index in [0.29, 0.717) is 5.25 Å². The fourth-order valence-corrected chi connectivity index (χ4v) is 4.32. The minimum absolute atomic E-state index is 0.121. The maximum absolute atomic E-state index is 11.1. The summed E-state index contributed by atoms with van der Waals surface area (Å²) >= 11 is 4.09. The zero-order valence-corrected chi connectivity index (χ0v) is 11.6. The molecule has 0 bridgehead atoms. The second kappa shape index (κ2) is 6.36. The van der Waals surface area contributed by atoms with Gasteiger partial charge in [0.1, 0.15) is 0 Å². The molecule has 0 amide bonds. The van der Waals surface area contributed by atoms with E-state index in [1.54, 1.807) is 6.92 Å². The van der Waals surface area contributed by atoms with Crippen molar-refractivity contribution in [1.82, 2.24) is 0 Å². The summed E-state index contributed by atoms with van der Waals surface area (Å²) in [5.41, 5.74) is 1.88. The summed E-state index contributed by atoms with van der Waals surface area (Å²) < 4.78 is 0. The van der Waals surface area contributed by atoms with Gasteiger partial charge in [0.25, 0.3) is 0 Å². The first-order valence-electron chi connectivity index (χ1n) is 5.80. The molecular formula is C13H17NOS2. The standard InChI is InChI=1S/C13H17NOS2/c1-10(15)11-2-4-12(5-3-11)14-8-13-9-16-6-7-17-13/h2-5,13-14H,6-9H2,1H3. The van der Waals surface area contributed by atoms with Crippen LogP contribution < -0.4 is 5.32 Å². The van der Waals surface area contributed by atoms with Gasteiger partial charge in [0.2, 0.25) is 0 Å². The van der Waals surface area contributed by atoms with Gasteiger partial charge in [-0.05, 0) is 31.2 Å². The molecule has 1 aromatic rings. The number of ketones is 1. The lowest BCUT2D eigenvalue weighted by molar-refractivity contribution is 0.101. The Morgan fingerprint density at radius 1 is 1.35 bits per heavy atom. The van der Waals surface area contributed by atoms with Crippen molar-refractivity contribution < 1.29 is 4.79 Å². The van der Waals surface area contributed by atoms with Gasteiger partial charge >= 0.3 is 0 Å². The smallest absolute Gasteiger partial charge is 0.159 e. The fourth-order valence-electron chi connectivity index (χ4n) is 1.71. The Hall–Kier alpha value is -0.610. The number of carbonyl (C=O) groups is 1. The number of carbonyl (C=O) groups excluding carboxylic acids is 1. The van der Waals surface area contributed by atoms with E-state index < -0.39 is 0 Å². The van der Waals surface area contributed by atoms with E-state index in [9.17, 15) is 4.79 Å². The van der Waals surface area contributed by atoms with Gasteiger partial charge in [-0.15, -0.1) is 0 Å². The highest BCUT2D eigenvalue weighted by Gasteiger charge is 2.13. The Balaban J connectivity index is 1.84. The molecule has 0 saturated carbocycles. The van der Waals surface area contributed by atoms with Crippen LogP contribution in [-0.2, 0) is 0 Å². The SMILES string of the molecule is CC(=O)c1ccc(NCC2CSCCS2)cc1. The van der Waals surface area contributed by atoms with Crippen molar-refractivity contribution >= 4 is 35.0 Å². The van der Waals surface area contributed by atoms with Gasteiger partial charge in [0, 0.05) is 40.3 Å². The molecule has 1 atom stereocenters. The van der Waals surface area contributed by atoms with Crippen molar-refractivity contribution in [3.05, 3.63) is 29.8 Å². The predicted molar refractivity (Wildman–Crippen MR) is 78.5 cm³/mol. The Bertz CT molecular complexity index is 372. The van der Waals surface area contributed by atoms with Crippen LogP contribution in [0.1, 0.15) is 17.3 Å². The second-order valence-electron chi connectivity index (χ2n) is 4.08. The van der Waals surface area contributed by atoms with Gasteiger partial charge < -0.3 is 5.32 Å². The fraction of sp³-hybridized carbons (Fsp3) is 0.462. The largest absolute Gasteiger partial charge is 0.384 e. The van der Waals surface area contributed by atoms with E-state index in [1.807, 2.05) is 36.0 Å². The summed E-state index contributed by atoms with van der Waals surface area (Å²) in [6.45, 7) is 2.61. The molecule has 1 fully saturated rings. The average Bonchev–Trinajstić information content (AvgIpc) is 2.38. The Morgan fingerprint density at radius 2 is 2.12 bits per heavy atom. The minimum Gasteiger partial charge on any atom is -0.384 e. The zero-order chi connectivity index (χ0) is 12.1. The molecule has 1 unspecified atom stereocenters. The molecule has 1 aliphatic rings. The van der Waals surface area contributed by atoms with Crippen LogP contribution in [0.5, 0.6) is 0 Å². The molecule has 0 aliphatic carbocycles. The number of hydrogen-bond acceptors (Lipinski definition) is 4. The number of hydrogen-bond donors (Lipinski definition) is 1. The van der Waals surface area contributed by atoms with Crippen LogP contribution in [0.3, 0.4) is 0 Å². The maximum atomic E-state index is 11.1. The van der Waals surface area contributed by atoms with Gasteiger partial charge in [-0.3, -0.25) is 4.79 Å². The Kier molecular flexibility index (Phi) is 4.80. The van der Waals surface area contributed by atoms with Gasteiger partial charge in [-0.25, -0.2) is 0 Å². The Morgan fingerprint density at radius 3 is 2.71 bits per heavy atom. The first-order valence-corrected chi connectivity index (χ1v) is 8.00. The number of nitrogens with one attached hydrogen (secondary N) is 1. The van der Waals surface area contributed by atoms with Crippen molar-refractivity contribution in [1.29, 1.82) is 0 Å². The molecule has 1 aliphatic heterocycles. The predicted octanol–water partition coefficient (Wildman–Crippen LogP) is 3.15. The third-order valence-corrected chi connectivity index (χ3v) is 5.56. The summed E-state index contributed by atoms with van der Waals surface area (Å²) in [5.74, 6) is 3.91. The average molecular weight is 267 g/mol. The molecule has 1 saturated heterocycles. The molecule has 2 nitrogen and oxygen atoms in total. The van der Waals surface area contributed by atoms with Gasteiger partial charge in [-0.2, -0.15) is 23.5 Å². The molecular weight excluding hydrogens is 250 g/mol. The lowest BCUT2D eigenvalue weighted by Crippen LogP contribution is -2.23. The number of thioether (sulfide) groups is 2. The minimum atomic E-state index is 0.121. The molecule has 0 spiro atoms. The van der Waals surface area contributed by atoms with E-state index in [1.165, 1.54) is 17.3 Å². The van der Waals surface area contributed by atoms with Crippen LogP contribution in [0.2, 0.25) is 0 Å². The van der Waals surface area contributed by atoms with Crippen LogP contribution in [0.25, 0.3) is 0 Å². The number of Topliss-reactive ketones (excluding diaryl/α,β-unsaturated/α-hetero) is 1. The van der Waals surface area contributed by atoms with Crippen LogP contribution in [0.4, 0.5) is 5.69 Å². The number of benzene rings is 1. The first kappa shape index (κ1) is 12.8. The van der Waals surface area contributed by atoms with Gasteiger partial charge in [-0.1, -0.05) is 0 Å². The first-order chi connectivity index (χ1) is 8.25. The van der Waals surface area contributed by atoms with E-state index in [0.717, 1.165) is 17.8 Å². The van der Waals surface area contributed by atoms with E-state index >= 15 is 0 Å². The molecule has 17 heavy (non-hydrogen) atoms. The number of anilines is 1. The summed E-state index contributed by atoms with van der Waals surface area (Å²) in [6, 6.07) is 7.73. The molecule has 4 heteroatoms. The van der Waals surface area contributed by atoms with Crippen LogP contribution in [-0.4, -0.2) is 34.8 Å². The van der Waals surface area contributed by atoms with E-state index in [2.05, 4.69) is 17.1 Å².